The third-order valence-electron chi connectivity index (χ3n) is 3.83. The molecule has 0 saturated heterocycles. The molecule has 3 rings (SSSR count). The molecule has 0 radical (unpaired) electrons. The smallest absolute Gasteiger partial charge is 0.155 e. The Morgan fingerprint density at radius 2 is 2.24 bits per heavy atom. The Morgan fingerprint density at radius 1 is 1.41 bits per heavy atom. The zero-order valence-corrected chi connectivity index (χ0v) is 10.4. The Bertz CT molecular complexity index is 448. The molecule has 2 heteroatoms. The van der Waals surface area contributed by atoms with Gasteiger partial charge in [0.15, 0.2) is 5.78 Å². The van der Waals surface area contributed by atoms with Gasteiger partial charge in [0.25, 0.3) is 0 Å². The molecule has 1 saturated carbocycles. The van der Waals surface area contributed by atoms with E-state index < -0.39 is 0 Å². The Balaban J connectivity index is 1.81. The van der Waals surface area contributed by atoms with Crippen LogP contribution in [0.3, 0.4) is 0 Å². The predicted molar refractivity (Wildman–Crippen MR) is 69.4 cm³/mol. The summed E-state index contributed by atoms with van der Waals surface area (Å²) in [4.78, 5) is 14.2. The fraction of sp³-hybridized carbons (Fsp3) is 0.533. The van der Waals surface area contributed by atoms with Crippen molar-refractivity contribution in [3.63, 3.8) is 0 Å². The molecule has 0 spiro atoms. The minimum absolute atomic E-state index is 0.380. The first-order valence-electron chi connectivity index (χ1n) is 6.61. The third kappa shape index (κ3) is 2.21. The third-order valence-corrected chi connectivity index (χ3v) is 3.83. The number of carbonyl (C=O) groups is 1. The van der Waals surface area contributed by atoms with Gasteiger partial charge in [-0.05, 0) is 44.2 Å². The lowest BCUT2D eigenvalue weighted by Crippen LogP contribution is -2.34. The molecular weight excluding hydrogens is 210 g/mol. The molecule has 1 aromatic carbocycles. The lowest BCUT2D eigenvalue weighted by Gasteiger charge is -2.31. The fourth-order valence-electron chi connectivity index (χ4n) is 2.69. The molecular formula is C15H19NO. The second kappa shape index (κ2) is 4.17. The number of fused-ring (bicyclic) bond motifs is 1. The van der Waals surface area contributed by atoms with Crippen LogP contribution in [0.15, 0.2) is 18.2 Å². The maximum Gasteiger partial charge on any atom is 0.155 e. The summed E-state index contributed by atoms with van der Waals surface area (Å²) in [5, 5.41) is 0. The average Bonchev–Trinajstić information content (AvgIpc) is 3.12. The Labute approximate surface area is 103 Å². The van der Waals surface area contributed by atoms with Crippen LogP contribution < -0.4 is 4.90 Å². The van der Waals surface area contributed by atoms with Gasteiger partial charge >= 0.3 is 0 Å². The maximum atomic E-state index is 11.9. The van der Waals surface area contributed by atoms with E-state index in [9.17, 15) is 4.79 Å². The minimum atomic E-state index is 0.380. The second-order valence-electron chi connectivity index (χ2n) is 5.40. The summed E-state index contributed by atoms with van der Waals surface area (Å²) >= 11 is 0. The first kappa shape index (κ1) is 10.8. The summed E-state index contributed by atoms with van der Waals surface area (Å²) in [6, 6.07) is 6.60. The number of hydrogen-bond donors (Lipinski definition) is 0. The highest BCUT2D eigenvalue weighted by Gasteiger charge is 2.31. The van der Waals surface area contributed by atoms with Crippen LogP contribution in [0.2, 0.25) is 0 Å². The van der Waals surface area contributed by atoms with Crippen molar-refractivity contribution in [1.82, 2.24) is 0 Å². The van der Waals surface area contributed by atoms with E-state index >= 15 is 0 Å². The number of carbonyl (C=O) groups excluding carboxylic acids is 1. The molecule has 0 atom stereocenters. The van der Waals surface area contributed by atoms with Gasteiger partial charge in [-0.3, -0.25) is 4.79 Å². The molecule has 17 heavy (non-hydrogen) atoms. The topological polar surface area (TPSA) is 20.3 Å². The molecule has 1 fully saturated rings. The van der Waals surface area contributed by atoms with Gasteiger partial charge < -0.3 is 4.90 Å². The van der Waals surface area contributed by atoms with E-state index in [1.54, 1.807) is 0 Å². The monoisotopic (exact) mass is 229 g/mol. The van der Waals surface area contributed by atoms with E-state index in [0.717, 1.165) is 25.8 Å². The largest absolute Gasteiger partial charge is 0.364 e. The van der Waals surface area contributed by atoms with Gasteiger partial charge in [-0.2, -0.15) is 0 Å². The molecule has 0 amide bonds. The van der Waals surface area contributed by atoms with Crippen LogP contribution >= 0.6 is 0 Å². The molecule has 1 aliphatic heterocycles. The van der Waals surface area contributed by atoms with E-state index in [-0.39, 0.29) is 0 Å². The first-order valence-corrected chi connectivity index (χ1v) is 6.61. The normalized spacial score (nSPS) is 19.0. The summed E-state index contributed by atoms with van der Waals surface area (Å²) < 4.78 is 0. The number of nitrogens with zero attached hydrogens (tertiary/aromatic N) is 1. The Morgan fingerprint density at radius 3 is 3.00 bits per heavy atom. The second-order valence-corrected chi connectivity index (χ2v) is 5.40. The van der Waals surface area contributed by atoms with Crippen molar-refractivity contribution in [3.05, 3.63) is 29.3 Å². The van der Waals surface area contributed by atoms with Gasteiger partial charge in [0, 0.05) is 18.2 Å². The zero-order valence-electron chi connectivity index (χ0n) is 10.4. The molecule has 0 bridgehead atoms. The Kier molecular flexibility index (Phi) is 2.65. The van der Waals surface area contributed by atoms with Crippen LogP contribution in [-0.2, 0) is 11.2 Å². The van der Waals surface area contributed by atoms with Gasteiger partial charge in [-0.25, -0.2) is 0 Å². The molecule has 2 nitrogen and oxygen atoms in total. The number of anilines is 1. The molecule has 2 aliphatic rings. The molecule has 1 aliphatic carbocycles. The molecule has 0 N–H and O–H groups in total. The SMILES string of the molecule is Cc1ccc2c(c1)CCCN2CC(=O)C1CC1. The minimum Gasteiger partial charge on any atom is -0.364 e. The molecule has 90 valence electrons. The van der Waals surface area contributed by atoms with Crippen molar-refractivity contribution in [2.45, 2.75) is 32.6 Å². The summed E-state index contributed by atoms with van der Waals surface area (Å²) in [7, 11) is 0. The fourth-order valence-corrected chi connectivity index (χ4v) is 2.69. The van der Waals surface area contributed by atoms with Crippen molar-refractivity contribution >= 4 is 11.5 Å². The Hall–Kier alpha value is -1.31. The van der Waals surface area contributed by atoms with Gasteiger partial charge in [0.1, 0.15) is 0 Å². The van der Waals surface area contributed by atoms with Crippen LogP contribution in [0.4, 0.5) is 5.69 Å². The van der Waals surface area contributed by atoms with Gasteiger partial charge in [-0.15, -0.1) is 0 Å². The standard InChI is InChI=1S/C15H19NO/c1-11-4-7-14-13(9-11)3-2-8-16(14)10-15(17)12-5-6-12/h4,7,9,12H,2-3,5-6,8,10H2,1H3. The van der Waals surface area contributed by atoms with Crippen LogP contribution in [0.25, 0.3) is 0 Å². The molecule has 0 unspecified atom stereocenters. The van der Waals surface area contributed by atoms with E-state index in [2.05, 4.69) is 30.0 Å². The number of ketones is 1. The van der Waals surface area contributed by atoms with Crippen molar-refractivity contribution in [2.75, 3.05) is 18.0 Å². The first-order chi connectivity index (χ1) is 8.24. The summed E-state index contributed by atoms with van der Waals surface area (Å²) in [5.41, 5.74) is 4.02. The van der Waals surface area contributed by atoms with E-state index in [4.69, 9.17) is 0 Å². The molecule has 0 aromatic heterocycles. The molecule has 1 heterocycles. The number of rotatable bonds is 3. The van der Waals surface area contributed by atoms with E-state index in [0.29, 0.717) is 18.2 Å². The highest BCUT2D eigenvalue weighted by molar-refractivity contribution is 5.87. The van der Waals surface area contributed by atoms with Crippen LogP contribution in [0.1, 0.15) is 30.4 Å². The van der Waals surface area contributed by atoms with Gasteiger partial charge in [-0.1, -0.05) is 17.7 Å². The van der Waals surface area contributed by atoms with Crippen LogP contribution in [0, 0.1) is 12.8 Å². The van der Waals surface area contributed by atoms with Gasteiger partial charge in [0.2, 0.25) is 0 Å². The lowest BCUT2D eigenvalue weighted by molar-refractivity contribution is -0.118. The van der Waals surface area contributed by atoms with Crippen molar-refractivity contribution < 1.29 is 4.79 Å². The van der Waals surface area contributed by atoms with Crippen LogP contribution in [-0.4, -0.2) is 18.9 Å². The lowest BCUT2D eigenvalue weighted by atomic mass is 9.99. The summed E-state index contributed by atoms with van der Waals surface area (Å²) in [6.07, 6.45) is 4.57. The highest BCUT2D eigenvalue weighted by atomic mass is 16.1. The average molecular weight is 229 g/mol. The van der Waals surface area contributed by atoms with Crippen molar-refractivity contribution in [2.24, 2.45) is 5.92 Å². The molecule has 1 aromatic rings. The number of hydrogen-bond acceptors (Lipinski definition) is 2. The predicted octanol–water partition coefficient (Wildman–Crippen LogP) is 2.73. The number of aryl methyl sites for hydroxylation is 2. The number of Topliss-reactive ketones (excluding diaryl/α,β-unsaturated/α-hetero) is 1. The maximum absolute atomic E-state index is 11.9. The zero-order chi connectivity index (χ0) is 11.8. The van der Waals surface area contributed by atoms with E-state index in [1.807, 2.05) is 0 Å². The van der Waals surface area contributed by atoms with Gasteiger partial charge in [0.05, 0.1) is 6.54 Å². The summed E-state index contributed by atoms with van der Waals surface area (Å²) in [6.45, 7) is 3.80. The summed E-state index contributed by atoms with van der Waals surface area (Å²) in [5.74, 6) is 0.823. The van der Waals surface area contributed by atoms with E-state index in [1.165, 1.54) is 23.2 Å². The quantitative estimate of drug-likeness (QED) is 0.794. The number of benzene rings is 1. The van der Waals surface area contributed by atoms with Crippen molar-refractivity contribution in [1.29, 1.82) is 0 Å². The van der Waals surface area contributed by atoms with Crippen molar-refractivity contribution in [3.8, 4) is 0 Å². The van der Waals surface area contributed by atoms with Crippen LogP contribution in [0.5, 0.6) is 0 Å². The highest BCUT2D eigenvalue weighted by Crippen LogP contribution is 2.32.